The van der Waals surface area contributed by atoms with Crippen molar-refractivity contribution in [3.8, 4) is 0 Å². The maximum absolute atomic E-state index is 13.3. The Kier molecular flexibility index (Phi) is 4.30. The number of halogens is 1. The minimum atomic E-state index is -0.568. The average molecular weight is 274 g/mol. The van der Waals surface area contributed by atoms with Crippen molar-refractivity contribution in [1.29, 1.82) is 0 Å². The minimum absolute atomic E-state index is 0.302. The van der Waals surface area contributed by atoms with Crippen LogP contribution < -0.4 is 5.32 Å². The largest absolute Gasteiger partial charge is 0.462 e. The number of pyridine rings is 1. The molecule has 0 radical (unpaired) electrons. The maximum atomic E-state index is 13.3. The Hall–Kier alpha value is -2.43. The Balaban J connectivity index is 2.31. The normalized spacial score (nSPS) is 10.2. The number of para-hydroxylation sites is 1. The fourth-order valence-corrected chi connectivity index (χ4v) is 1.83. The highest BCUT2D eigenvalue weighted by molar-refractivity contribution is 5.96. The van der Waals surface area contributed by atoms with E-state index in [2.05, 4.69) is 10.3 Å². The van der Waals surface area contributed by atoms with Crippen molar-refractivity contribution in [2.24, 2.45) is 0 Å². The summed E-state index contributed by atoms with van der Waals surface area (Å²) in [6.07, 6.45) is 0. The molecule has 1 aromatic carbocycles. The number of nitrogens with zero attached hydrogens (tertiary/aromatic N) is 1. The Labute approximate surface area is 116 Å². The second-order valence-electron chi connectivity index (χ2n) is 4.21. The molecule has 0 saturated carbocycles. The number of aryl methyl sites for hydroxylation is 1. The predicted octanol–water partition coefficient (Wildman–Crippen LogP) is 3.45. The fraction of sp³-hybridized carbons (Fsp3) is 0.200. The van der Waals surface area contributed by atoms with Gasteiger partial charge < -0.3 is 10.1 Å². The third kappa shape index (κ3) is 3.32. The van der Waals surface area contributed by atoms with Gasteiger partial charge in [-0.05, 0) is 32.0 Å². The topological polar surface area (TPSA) is 51.2 Å². The highest BCUT2D eigenvalue weighted by Crippen LogP contribution is 2.22. The number of anilines is 2. The number of hydrogen-bond acceptors (Lipinski definition) is 4. The van der Waals surface area contributed by atoms with Gasteiger partial charge in [0.1, 0.15) is 0 Å². The van der Waals surface area contributed by atoms with Crippen molar-refractivity contribution >= 4 is 17.3 Å². The zero-order valence-corrected chi connectivity index (χ0v) is 11.3. The molecule has 20 heavy (non-hydrogen) atoms. The van der Waals surface area contributed by atoms with E-state index in [1.54, 1.807) is 44.2 Å². The zero-order valence-electron chi connectivity index (χ0n) is 11.3. The molecule has 0 spiro atoms. The van der Waals surface area contributed by atoms with E-state index in [9.17, 15) is 9.18 Å². The Morgan fingerprint density at radius 3 is 2.80 bits per heavy atom. The number of rotatable bonds is 4. The maximum Gasteiger partial charge on any atom is 0.340 e. The van der Waals surface area contributed by atoms with E-state index in [0.717, 1.165) is 0 Å². The van der Waals surface area contributed by atoms with Crippen LogP contribution in [0.4, 0.5) is 15.8 Å². The number of carbonyl (C=O) groups excluding carboxylic acids is 1. The van der Waals surface area contributed by atoms with Gasteiger partial charge >= 0.3 is 5.97 Å². The van der Waals surface area contributed by atoms with E-state index in [1.165, 1.54) is 6.07 Å². The molecule has 1 aromatic heterocycles. The zero-order chi connectivity index (χ0) is 14.5. The third-order valence-corrected chi connectivity index (χ3v) is 2.62. The first-order chi connectivity index (χ1) is 9.60. The van der Waals surface area contributed by atoms with Gasteiger partial charge in [0.15, 0.2) is 0 Å². The van der Waals surface area contributed by atoms with Crippen LogP contribution in [0, 0.1) is 12.9 Å². The number of ether oxygens (including phenoxy) is 1. The molecule has 0 fully saturated rings. The number of nitrogens with one attached hydrogen (secondary N) is 1. The van der Waals surface area contributed by atoms with Crippen molar-refractivity contribution in [2.75, 3.05) is 11.9 Å². The fourth-order valence-electron chi connectivity index (χ4n) is 1.83. The lowest BCUT2D eigenvalue weighted by atomic mass is 10.1. The molecule has 0 aliphatic rings. The van der Waals surface area contributed by atoms with Crippen LogP contribution in [-0.2, 0) is 4.74 Å². The van der Waals surface area contributed by atoms with Crippen LogP contribution in [0.1, 0.15) is 23.0 Å². The molecule has 0 unspecified atom stereocenters. The summed E-state index contributed by atoms with van der Waals surface area (Å²) >= 11 is 0. The summed E-state index contributed by atoms with van der Waals surface area (Å²) in [7, 11) is 0. The van der Waals surface area contributed by atoms with E-state index in [-0.39, 0.29) is 0 Å². The number of aromatic nitrogens is 1. The van der Waals surface area contributed by atoms with E-state index < -0.39 is 11.9 Å². The summed E-state index contributed by atoms with van der Waals surface area (Å²) in [6, 6.07) is 9.90. The summed E-state index contributed by atoms with van der Waals surface area (Å²) in [4.78, 5) is 15.5. The third-order valence-electron chi connectivity index (χ3n) is 2.62. The Bertz CT molecular complexity index is 609. The monoisotopic (exact) mass is 274 g/mol. The molecule has 1 N–H and O–H groups in total. The molecule has 0 amide bonds. The molecule has 0 saturated heterocycles. The van der Waals surface area contributed by atoms with Crippen LogP contribution in [0.2, 0.25) is 0 Å². The molecule has 0 aliphatic heterocycles. The van der Waals surface area contributed by atoms with Crippen LogP contribution in [-0.4, -0.2) is 17.6 Å². The standard InChI is InChI=1S/C15H15FN2O2/c1-3-20-15(19)12-6-4-5-7-13(12)18-11-8-10(2)17-14(16)9-11/h4-9H,3H2,1-2H3,(H,17,18). The molecular weight excluding hydrogens is 259 g/mol. The number of carbonyl (C=O) groups is 1. The summed E-state index contributed by atoms with van der Waals surface area (Å²) in [5.41, 5.74) is 2.06. The average Bonchev–Trinajstić information content (AvgIpc) is 2.38. The molecule has 4 nitrogen and oxygen atoms in total. The van der Waals surface area contributed by atoms with Crippen molar-refractivity contribution < 1.29 is 13.9 Å². The second kappa shape index (κ2) is 6.14. The van der Waals surface area contributed by atoms with E-state index in [4.69, 9.17) is 4.74 Å². The van der Waals surface area contributed by atoms with Crippen molar-refractivity contribution in [1.82, 2.24) is 4.98 Å². The quantitative estimate of drug-likeness (QED) is 0.685. The van der Waals surface area contributed by atoms with Crippen LogP contribution in [0.15, 0.2) is 36.4 Å². The summed E-state index contributed by atoms with van der Waals surface area (Å²) in [5.74, 6) is -0.983. The smallest absolute Gasteiger partial charge is 0.340 e. The molecule has 0 atom stereocenters. The molecule has 0 aliphatic carbocycles. The van der Waals surface area contributed by atoms with Crippen molar-refractivity contribution in [3.05, 3.63) is 53.6 Å². The number of esters is 1. The summed E-state index contributed by atoms with van der Waals surface area (Å²) < 4.78 is 18.3. The first-order valence-electron chi connectivity index (χ1n) is 6.27. The van der Waals surface area contributed by atoms with Crippen molar-refractivity contribution in [2.45, 2.75) is 13.8 Å². The highest BCUT2D eigenvalue weighted by Gasteiger charge is 2.12. The molecule has 0 bridgehead atoms. The number of hydrogen-bond donors (Lipinski definition) is 1. The molecule has 1 heterocycles. The highest BCUT2D eigenvalue weighted by atomic mass is 19.1. The molecular formula is C15H15FN2O2. The van der Waals surface area contributed by atoms with Crippen LogP contribution in [0.5, 0.6) is 0 Å². The van der Waals surface area contributed by atoms with E-state index >= 15 is 0 Å². The van der Waals surface area contributed by atoms with Gasteiger partial charge in [0.25, 0.3) is 0 Å². The van der Waals surface area contributed by atoms with E-state index in [0.29, 0.717) is 29.2 Å². The van der Waals surface area contributed by atoms with Crippen LogP contribution >= 0.6 is 0 Å². The Morgan fingerprint density at radius 1 is 1.35 bits per heavy atom. The van der Waals surface area contributed by atoms with Gasteiger partial charge in [-0.15, -0.1) is 0 Å². The summed E-state index contributed by atoms with van der Waals surface area (Å²) in [5, 5.41) is 3.01. The van der Waals surface area contributed by atoms with E-state index in [1.807, 2.05) is 0 Å². The van der Waals surface area contributed by atoms with Gasteiger partial charge in [-0.1, -0.05) is 12.1 Å². The van der Waals surface area contributed by atoms with Crippen LogP contribution in [0.25, 0.3) is 0 Å². The lowest BCUT2D eigenvalue weighted by Crippen LogP contribution is -2.08. The lowest BCUT2D eigenvalue weighted by molar-refractivity contribution is 0.0527. The Morgan fingerprint density at radius 2 is 2.10 bits per heavy atom. The number of benzene rings is 1. The molecule has 5 heteroatoms. The van der Waals surface area contributed by atoms with Gasteiger partial charge in [0.2, 0.25) is 5.95 Å². The predicted molar refractivity (Wildman–Crippen MR) is 74.6 cm³/mol. The van der Waals surface area contributed by atoms with Crippen LogP contribution in [0.3, 0.4) is 0 Å². The second-order valence-corrected chi connectivity index (χ2v) is 4.21. The SMILES string of the molecule is CCOC(=O)c1ccccc1Nc1cc(C)nc(F)c1. The molecule has 104 valence electrons. The van der Waals surface area contributed by atoms with Gasteiger partial charge in [0.05, 0.1) is 17.9 Å². The van der Waals surface area contributed by atoms with Gasteiger partial charge in [-0.25, -0.2) is 9.78 Å². The van der Waals surface area contributed by atoms with Gasteiger partial charge in [-0.2, -0.15) is 4.39 Å². The summed E-state index contributed by atoms with van der Waals surface area (Å²) in [6.45, 7) is 3.75. The molecule has 2 rings (SSSR count). The minimum Gasteiger partial charge on any atom is -0.462 e. The first-order valence-corrected chi connectivity index (χ1v) is 6.27. The van der Waals surface area contributed by atoms with Gasteiger partial charge in [0, 0.05) is 17.4 Å². The van der Waals surface area contributed by atoms with Crippen molar-refractivity contribution in [3.63, 3.8) is 0 Å². The first kappa shape index (κ1) is 14.0. The lowest BCUT2D eigenvalue weighted by Gasteiger charge is -2.11. The van der Waals surface area contributed by atoms with Gasteiger partial charge in [-0.3, -0.25) is 0 Å². The molecule has 2 aromatic rings.